The number of anilines is 2. The molecule has 1 aliphatic heterocycles. The second-order valence-electron chi connectivity index (χ2n) is 10.2. The number of nitrogen functional groups attached to an aromatic ring is 1. The Labute approximate surface area is 222 Å². The maximum Gasteiger partial charge on any atom is 0.417 e. The molecule has 200 valence electrons. The number of aromatic nitrogens is 3. The molecule has 10 heteroatoms. The van der Waals surface area contributed by atoms with Crippen LogP contribution in [0.3, 0.4) is 0 Å². The Morgan fingerprint density at radius 3 is 2.62 bits per heavy atom. The van der Waals surface area contributed by atoms with Crippen molar-refractivity contribution in [1.29, 1.82) is 0 Å². The molecule has 0 radical (unpaired) electrons. The molecular formula is C29H27F3N6O. The molecule has 1 fully saturated rings. The minimum absolute atomic E-state index is 0.0110. The molecule has 5 aromatic rings. The fourth-order valence-corrected chi connectivity index (χ4v) is 5.43. The lowest BCUT2D eigenvalue weighted by molar-refractivity contribution is -0.137. The molecule has 3 N–H and O–H groups in total. The normalized spacial score (nSPS) is 16.4. The molecule has 0 bridgehead atoms. The Morgan fingerprint density at radius 2 is 1.87 bits per heavy atom. The first-order valence-corrected chi connectivity index (χ1v) is 12.6. The van der Waals surface area contributed by atoms with Crippen LogP contribution >= 0.6 is 0 Å². The summed E-state index contributed by atoms with van der Waals surface area (Å²) in [5.41, 5.74) is 9.18. The van der Waals surface area contributed by atoms with Crippen LogP contribution in [0, 0.1) is 0 Å². The number of benzene rings is 2. The lowest BCUT2D eigenvalue weighted by atomic mass is 9.98. The summed E-state index contributed by atoms with van der Waals surface area (Å²) >= 11 is 0. The number of nitrogens with zero attached hydrogens (tertiary/aromatic N) is 4. The number of hydrogen-bond donors (Lipinski definition) is 2. The molecule has 0 saturated carbocycles. The Kier molecular flexibility index (Phi) is 5.87. The molecule has 7 nitrogen and oxygen atoms in total. The van der Waals surface area contributed by atoms with Gasteiger partial charge in [0.2, 0.25) is 5.78 Å². The van der Waals surface area contributed by atoms with Crippen LogP contribution < -0.4 is 11.1 Å². The first-order chi connectivity index (χ1) is 18.6. The van der Waals surface area contributed by atoms with Crippen LogP contribution in [-0.4, -0.2) is 50.8 Å². The van der Waals surface area contributed by atoms with Gasteiger partial charge in [0, 0.05) is 37.0 Å². The second kappa shape index (κ2) is 9.16. The van der Waals surface area contributed by atoms with Gasteiger partial charge in [-0.3, -0.25) is 4.79 Å². The SMILES string of the molecule is CN1CCC(Nc2cc(C(=O)c3ccc4c(-c5cc6ncn(C)c6cc5C(F)(F)F)cccn34)ccc2N)C1. The predicted octanol–water partition coefficient (Wildman–Crippen LogP) is 5.44. The van der Waals surface area contributed by atoms with E-state index in [1.165, 1.54) is 12.4 Å². The number of carbonyl (C=O) groups excluding carboxylic acids is 1. The van der Waals surface area contributed by atoms with Gasteiger partial charge in [0.05, 0.1) is 45.5 Å². The van der Waals surface area contributed by atoms with Crippen molar-refractivity contribution >= 4 is 33.7 Å². The minimum Gasteiger partial charge on any atom is -0.397 e. The molecule has 39 heavy (non-hydrogen) atoms. The van der Waals surface area contributed by atoms with Crippen molar-refractivity contribution < 1.29 is 18.0 Å². The Bertz CT molecular complexity index is 1730. The number of likely N-dealkylation sites (N-methyl/N-ethyl adjacent to an activating group) is 1. The van der Waals surface area contributed by atoms with E-state index in [9.17, 15) is 18.0 Å². The van der Waals surface area contributed by atoms with E-state index in [0.29, 0.717) is 44.7 Å². The molecule has 0 amide bonds. The third kappa shape index (κ3) is 4.40. The highest BCUT2D eigenvalue weighted by Crippen LogP contribution is 2.41. The van der Waals surface area contributed by atoms with Gasteiger partial charge >= 0.3 is 6.18 Å². The lowest BCUT2D eigenvalue weighted by Crippen LogP contribution is -2.24. The first kappa shape index (κ1) is 25.0. The van der Waals surface area contributed by atoms with Gasteiger partial charge in [0.1, 0.15) is 0 Å². The third-order valence-corrected chi connectivity index (χ3v) is 7.45. The van der Waals surface area contributed by atoms with Gasteiger partial charge in [-0.2, -0.15) is 13.2 Å². The van der Waals surface area contributed by atoms with Crippen molar-refractivity contribution in [3.8, 4) is 11.1 Å². The number of hydrogen-bond acceptors (Lipinski definition) is 5. The van der Waals surface area contributed by atoms with Crippen molar-refractivity contribution in [2.75, 3.05) is 31.2 Å². The topological polar surface area (TPSA) is 80.6 Å². The van der Waals surface area contributed by atoms with E-state index < -0.39 is 11.7 Å². The summed E-state index contributed by atoms with van der Waals surface area (Å²) in [5, 5.41) is 3.44. The zero-order valence-corrected chi connectivity index (χ0v) is 21.5. The van der Waals surface area contributed by atoms with E-state index in [2.05, 4.69) is 22.2 Å². The molecule has 0 spiro atoms. The standard InChI is InChI=1S/C29H27F3N6O/c1-36-11-9-18(15-36)35-23-12-17(5-6-22(23)33)28(39)26-8-7-25-19(4-3-10-38(25)26)20-13-24-27(37(2)16-34-24)14-21(20)29(30,31)32/h3-8,10,12-14,16,18,35H,9,11,15,33H2,1-2H3. The number of pyridine rings is 1. The number of nitrogens with two attached hydrogens (primary N) is 1. The van der Waals surface area contributed by atoms with Gasteiger partial charge in [-0.05, 0) is 74.1 Å². The number of aryl methyl sites for hydroxylation is 1. The van der Waals surface area contributed by atoms with Crippen molar-refractivity contribution in [3.05, 3.63) is 83.9 Å². The van der Waals surface area contributed by atoms with Gasteiger partial charge in [0.25, 0.3) is 0 Å². The fourth-order valence-electron chi connectivity index (χ4n) is 5.43. The number of imidazole rings is 1. The molecule has 1 atom stereocenters. The highest BCUT2D eigenvalue weighted by atomic mass is 19.4. The summed E-state index contributed by atoms with van der Waals surface area (Å²) in [5.74, 6) is -0.255. The van der Waals surface area contributed by atoms with Crippen LogP contribution in [0.4, 0.5) is 24.5 Å². The summed E-state index contributed by atoms with van der Waals surface area (Å²) in [6.45, 7) is 1.87. The maximum absolute atomic E-state index is 14.2. The van der Waals surface area contributed by atoms with Crippen LogP contribution in [0.5, 0.6) is 0 Å². The zero-order valence-electron chi connectivity index (χ0n) is 21.5. The van der Waals surface area contributed by atoms with Gasteiger partial charge in [-0.25, -0.2) is 4.98 Å². The second-order valence-corrected chi connectivity index (χ2v) is 10.2. The highest BCUT2D eigenvalue weighted by molar-refractivity contribution is 6.10. The molecule has 1 saturated heterocycles. The number of alkyl halides is 3. The summed E-state index contributed by atoms with van der Waals surface area (Å²) in [7, 11) is 3.72. The number of carbonyl (C=O) groups is 1. The number of fused-ring (bicyclic) bond motifs is 2. The third-order valence-electron chi connectivity index (χ3n) is 7.45. The molecule has 1 unspecified atom stereocenters. The van der Waals surface area contributed by atoms with E-state index in [4.69, 9.17) is 5.73 Å². The highest BCUT2D eigenvalue weighted by Gasteiger charge is 2.35. The summed E-state index contributed by atoms with van der Waals surface area (Å²) in [4.78, 5) is 20.1. The maximum atomic E-state index is 14.2. The van der Waals surface area contributed by atoms with Crippen LogP contribution in [0.2, 0.25) is 0 Å². The largest absolute Gasteiger partial charge is 0.417 e. The van der Waals surface area contributed by atoms with Crippen molar-refractivity contribution in [2.45, 2.75) is 18.6 Å². The average Bonchev–Trinajstić information content (AvgIpc) is 3.62. The molecule has 3 aromatic heterocycles. The van der Waals surface area contributed by atoms with E-state index in [0.717, 1.165) is 25.6 Å². The molecular weight excluding hydrogens is 505 g/mol. The zero-order chi connectivity index (χ0) is 27.5. The Balaban J connectivity index is 1.41. The van der Waals surface area contributed by atoms with Gasteiger partial charge in [-0.15, -0.1) is 0 Å². The summed E-state index contributed by atoms with van der Waals surface area (Å²) in [6.07, 6.45) is -0.425. The van der Waals surface area contributed by atoms with E-state index in [-0.39, 0.29) is 17.4 Å². The molecule has 4 heterocycles. The molecule has 0 aliphatic carbocycles. The van der Waals surface area contributed by atoms with E-state index in [1.807, 2.05) is 0 Å². The first-order valence-electron chi connectivity index (χ1n) is 12.6. The minimum atomic E-state index is -4.58. The van der Waals surface area contributed by atoms with E-state index in [1.54, 1.807) is 64.7 Å². The van der Waals surface area contributed by atoms with Crippen molar-refractivity contribution in [2.24, 2.45) is 7.05 Å². The Morgan fingerprint density at radius 1 is 1.05 bits per heavy atom. The summed E-state index contributed by atoms with van der Waals surface area (Å²) < 4.78 is 45.7. The number of likely N-dealkylation sites (tertiary alicyclic amines) is 1. The van der Waals surface area contributed by atoms with Crippen molar-refractivity contribution in [1.82, 2.24) is 18.9 Å². The lowest BCUT2D eigenvalue weighted by Gasteiger charge is -2.17. The summed E-state index contributed by atoms with van der Waals surface area (Å²) in [6, 6.07) is 14.5. The number of halogens is 3. The van der Waals surface area contributed by atoms with Crippen molar-refractivity contribution in [3.63, 3.8) is 0 Å². The smallest absolute Gasteiger partial charge is 0.397 e. The quantitative estimate of drug-likeness (QED) is 0.233. The van der Waals surface area contributed by atoms with Crippen LogP contribution in [0.15, 0.2) is 67.1 Å². The van der Waals surface area contributed by atoms with Gasteiger partial charge in [-0.1, -0.05) is 6.07 Å². The monoisotopic (exact) mass is 532 g/mol. The number of nitrogens with one attached hydrogen (secondary N) is 1. The van der Waals surface area contributed by atoms with Crippen LogP contribution in [0.25, 0.3) is 27.7 Å². The van der Waals surface area contributed by atoms with Gasteiger partial charge in [0.15, 0.2) is 0 Å². The number of rotatable bonds is 5. The van der Waals surface area contributed by atoms with Crippen LogP contribution in [-0.2, 0) is 13.2 Å². The molecule has 6 rings (SSSR count). The van der Waals surface area contributed by atoms with Crippen LogP contribution in [0.1, 0.15) is 28.0 Å². The predicted molar refractivity (Wildman–Crippen MR) is 146 cm³/mol. The number of ketones is 1. The molecule has 2 aromatic carbocycles. The Hall–Kier alpha value is -4.31. The van der Waals surface area contributed by atoms with Gasteiger partial charge < -0.3 is 24.9 Å². The average molecular weight is 533 g/mol. The molecule has 1 aliphatic rings. The fraction of sp³-hybridized carbons (Fsp3) is 0.241. The van der Waals surface area contributed by atoms with E-state index >= 15 is 0 Å².